The molecule has 94 valence electrons. The van der Waals surface area contributed by atoms with E-state index in [1.165, 1.54) is 0 Å². The summed E-state index contributed by atoms with van der Waals surface area (Å²) < 4.78 is 5.53. The molecule has 0 aliphatic carbocycles. The van der Waals surface area contributed by atoms with Gasteiger partial charge in [0.25, 0.3) is 0 Å². The van der Waals surface area contributed by atoms with E-state index in [2.05, 4.69) is 24.8 Å². The lowest BCUT2D eigenvalue weighted by Gasteiger charge is -2.44. The van der Waals surface area contributed by atoms with Crippen molar-refractivity contribution in [3.63, 3.8) is 0 Å². The van der Waals surface area contributed by atoms with Crippen LogP contribution >= 0.6 is 0 Å². The molecule has 17 heavy (non-hydrogen) atoms. The van der Waals surface area contributed by atoms with Crippen LogP contribution in [0.3, 0.4) is 0 Å². The third-order valence-corrected chi connectivity index (χ3v) is 3.32. The molecule has 0 saturated carbocycles. The molecule has 0 aromatic heterocycles. The maximum absolute atomic E-state index is 9.85. The third kappa shape index (κ3) is 2.45. The Morgan fingerprint density at radius 2 is 2.06 bits per heavy atom. The number of anilines is 1. The van der Waals surface area contributed by atoms with E-state index < -0.39 is 6.10 Å². The van der Waals surface area contributed by atoms with Crippen LogP contribution in [0.25, 0.3) is 0 Å². The first-order valence-corrected chi connectivity index (χ1v) is 6.15. The van der Waals surface area contributed by atoms with Crippen molar-refractivity contribution in [1.82, 2.24) is 0 Å². The Balaban J connectivity index is 2.38. The fourth-order valence-corrected chi connectivity index (χ4v) is 2.39. The zero-order valence-corrected chi connectivity index (χ0v) is 10.8. The highest BCUT2D eigenvalue weighted by molar-refractivity contribution is 5.56. The van der Waals surface area contributed by atoms with E-state index in [1.54, 1.807) is 0 Å². The second-order valence-corrected chi connectivity index (χ2v) is 5.25. The summed E-state index contributed by atoms with van der Waals surface area (Å²) in [5.74, 6) is 0. The summed E-state index contributed by atoms with van der Waals surface area (Å²) in [6.45, 7) is 8.50. The number of nitrogens with zero attached hydrogens (tertiary/aromatic N) is 1. The number of aliphatic hydroxyl groups is 1. The zero-order chi connectivity index (χ0) is 12.5. The van der Waals surface area contributed by atoms with Crippen LogP contribution in [0.5, 0.6) is 0 Å². The fraction of sp³-hybridized carbons (Fsp3) is 0.571. The van der Waals surface area contributed by atoms with E-state index in [4.69, 9.17) is 4.74 Å². The molecule has 1 aliphatic rings. The molecular weight excluding hydrogens is 214 g/mol. The Morgan fingerprint density at radius 1 is 1.35 bits per heavy atom. The molecule has 3 nitrogen and oxygen atoms in total. The van der Waals surface area contributed by atoms with Crippen molar-refractivity contribution >= 4 is 5.69 Å². The Hall–Kier alpha value is -1.06. The molecule has 1 heterocycles. The lowest BCUT2D eigenvalue weighted by molar-refractivity contribution is 0.0639. The van der Waals surface area contributed by atoms with Crippen molar-refractivity contribution in [2.75, 3.05) is 24.7 Å². The standard InChI is InChI=1S/C14H21NO2/c1-11(16)12-6-4-5-7-13(12)15-8-9-17-10-14(15,2)3/h4-7,11,16H,8-10H2,1-3H3/t11-/m1/s1. The van der Waals surface area contributed by atoms with Gasteiger partial charge >= 0.3 is 0 Å². The van der Waals surface area contributed by atoms with Gasteiger partial charge in [-0.05, 0) is 26.8 Å². The van der Waals surface area contributed by atoms with E-state index in [1.807, 2.05) is 25.1 Å². The van der Waals surface area contributed by atoms with Crippen LogP contribution in [0, 0.1) is 0 Å². The highest BCUT2D eigenvalue weighted by Crippen LogP contribution is 2.32. The highest BCUT2D eigenvalue weighted by atomic mass is 16.5. The minimum absolute atomic E-state index is 0.0246. The van der Waals surface area contributed by atoms with Crippen molar-refractivity contribution in [1.29, 1.82) is 0 Å². The fourth-order valence-electron chi connectivity index (χ4n) is 2.39. The number of para-hydroxylation sites is 1. The Morgan fingerprint density at radius 3 is 2.71 bits per heavy atom. The van der Waals surface area contributed by atoms with Gasteiger partial charge in [-0.15, -0.1) is 0 Å². The Kier molecular flexibility index (Phi) is 3.40. The Bertz CT molecular complexity index is 388. The van der Waals surface area contributed by atoms with Gasteiger partial charge in [-0.25, -0.2) is 0 Å². The van der Waals surface area contributed by atoms with Gasteiger partial charge in [-0.2, -0.15) is 0 Å². The summed E-state index contributed by atoms with van der Waals surface area (Å²) >= 11 is 0. The number of hydrogen-bond acceptors (Lipinski definition) is 3. The molecule has 1 N–H and O–H groups in total. The normalized spacial score (nSPS) is 21.3. The summed E-state index contributed by atoms with van der Waals surface area (Å²) in [5, 5.41) is 9.85. The second kappa shape index (κ2) is 4.67. The number of ether oxygens (including phenoxy) is 1. The van der Waals surface area contributed by atoms with Crippen LogP contribution < -0.4 is 4.90 Å². The largest absolute Gasteiger partial charge is 0.389 e. The molecule has 0 amide bonds. The smallest absolute Gasteiger partial charge is 0.0781 e. The summed E-state index contributed by atoms with van der Waals surface area (Å²) in [6, 6.07) is 8.06. The average Bonchev–Trinajstić information content (AvgIpc) is 2.28. The molecule has 0 bridgehead atoms. The minimum Gasteiger partial charge on any atom is -0.389 e. The van der Waals surface area contributed by atoms with Crippen molar-refractivity contribution in [2.24, 2.45) is 0 Å². The zero-order valence-electron chi connectivity index (χ0n) is 10.8. The SMILES string of the molecule is C[C@@H](O)c1ccccc1N1CCOCC1(C)C. The molecule has 1 atom stereocenters. The third-order valence-electron chi connectivity index (χ3n) is 3.32. The van der Waals surface area contributed by atoms with Gasteiger partial charge in [-0.3, -0.25) is 0 Å². The van der Waals surface area contributed by atoms with E-state index in [0.29, 0.717) is 0 Å². The summed E-state index contributed by atoms with van der Waals surface area (Å²) in [7, 11) is 0. The Labute approximate surface area is 103 Å². The summed E-state index contributed by atoms with van der Waals surface area (Å²) in [4.78, 5) is 2.33. The van der Waals surface area contributed by atoms with E-state index in [9.17, 15) is 5.11 Å². The maximum atomic E-state index is 9.85. The first-order valence-electron chi connectivity index (χ1n) is 6.15. The minimum atomic E-state index is -0.440. The van der Waals surface area contributed by atoms with E-state index in [0.717, 1.165) is 31.0 Å². The molecule has 3 heteroatoms. The van der Waals surface area contributed by atoms with Crippen molar-refractivity contribution < 1.29 is 9.84 Å². The topological polar surface area (TPSA) is 32.7 Å². The van der Waals surface area contributed by atoms with Crippen LogP contribution in [0.4, 0.5) is 5.69 Å². The first kappa shape index (κ1) is 12.4. The second-order valence-electron chi connectivity index (χ2n) is 5.25. The van der Waals surface area contributed by atoms with Crippen molar-refractivity contribution in [2.45, 2.75) is 32.4 Å². The number of hydrogen-bond donors (Lipinski definition) is 1. The van der Waals surface area contributed by atoms with Gasteiger partial charge in [0.15, 0.2) is 0 Å². The predicted molar refractivity (Wildman–Crippen MR) is 69.3 cm³/mol. The molecule has 0 radical (unpaired) electrons. The molecule has 1 aliphatic heterocycles. The quantitative estimate of drug-likeness (QED) is 0.854. The molecule has 1 saturated heterocycles. The molecule has 2 rings (SSSR count). The van der Waals surface area contributed by atoms with Crippen molar-refractivity contribution in [3.8, 4) is 0 Å². The number of aliphatic hydroxyl groups excluding tert-OH is 1. The van der Waals surface area contributed by atoms with Crippen LogP contribution in [0.2, 0.25) is 0 Å². The number of morpholine rings is 1. The van der Waals surface area contributed by atoms with Gasteiger partial charge in [0.1, 0.15) is 0 Å². The van der Waals surface area contributed by atoms with Gasteiger partial charge in [0.05, 0.1) is 24.9 Å². The van der Waals surface area contributed by atoms with Crippen LogP contribution in [-0.2, 0) is 4.74 Å². The molecule has 0 spiro atoms. The van der Waals surface area contributed by atoms with Crippen LogP contribution in [-0.4, -0.2) is 30.4 Å². The van der Waals surface area contributed by atoms with Crippen LogP contribution in [0.1, 0.15) is 32.4 Å². The molecular formula is C14H21NO2. The number of benzene rings is 1. The average molecular weight is 235 g/mol. The van der Waals surface area contributed by atoms with Gasteiger partial charge in [-0.1, -0.05) is 18.2 Å². The predicted octanol–water partition coefficient (Wildman–Crippen LogP) is 2.36. The molecule has 0 unspecified atom stereocenters. The number of rotatable bonds is 2. The van der Waals surface area contributed by atoms with E-state index >= 15 is 0 Å². The monoisotopic (exact) mass is 235 g/mol. The molecule has 1 aromatic rings. The van der Waals surface area contributed by atoms with Crippen molar-refractivity contribution in [3.05, 3.63) is 29.8 Å². The first-order chi connectivity index (χ1) is 8.02. The van der Waals surface area contributed by atoms with Gasteiger partial charge in [0.2, 0.25) is 0 Å². The van der Waals surface area contributed by atoms with Crippen LogP contribution in [0.15, 0.2) is 24.3 Å². The molecule has 1 aromatic carbocycles. The lowest BCUT2D eigenvalue weighted by atomic mass is 9.98. The van der Waals surface area contributed by atoms with Gasteiger partial charge in [0, 0.05) is 17.8 Å². The van der Waals surface area contributed by atoms with E-state index in [-0.39, 0.29) is 5.54 Å². The summed E-state index contributed by atoms with van der Waals surface area (Å²) in [5.41, 5.74) is 2.08. The maximum Gasteiger partial charge on any atom is 0.0781 e. The summed E-state index contributed by atoms with van der Waals surface area (Å²) in [6.07, 6.45) is -0.440. The highest BCUT2D eigenvalue weighted by Gasteiger charge is 2.32. The molecule has 1 fully saturated rings. The lowest BCUT2D eigenvalue weighted by Crippen LogP contribution is -2.53. The van der Waals surface area contributed by atoms with Gasteiger partial charge < -0.3 is 14.7 Å².